The molecule has 0 aromatic heterocycles. The smallest absolute Gasteiger partial charge is 0.145 e. The summed E-state index contributed by atoms with van der Waals surface area (Å²) in [7, 11) is 0. The van der Waals surface area contributed by atoms with Gasteiger partial charge in [0.1, 0.15) is 11.5 Å². The van der Waals surface area contributed by atoms with Crippen molar-refractivity contribution in [3.8, 4) is 11.5 Å². The zero-order valence-electron chi connectivity index (χ0n) is 9.45. The van der Waals surface area contributed by atoms with Gasteiger partial charge in [-0.2, -0.15) is 0 Å². The normalized spacial score (nSPS) is 12.6. The van der Waals surface area contributed by atoms with Gasteiger partial charge in [0.2, 0.25) is 0 Å². The lowest BCUT2D eigenvalue weighted by Crippen LogP contribution is -2.00. The van der Waals surface area contributed by atoms with Gasteiger partial charge in [-0.3, -0.25) is 0 Å². The largest absolute Gasteiger partial charge is 0.454 e. The number of alkyl halides is 2. The Morgan fingerprint density at radius 1 is 0.833 bits per heavy atom. The second-order valence-electron chi connectivity index (χ2n) is 3.96. The van der Waals surface area contributed by atoms with E-state index >= 15 is 0 Å². The molecule has 3 rings (SSSR count). The molecule has 92 valence electrons. The maximum absolute atomic E-state index is 6.14. The third-order valence-electron chi connectivity index (χ3n) is 2.83. The van der Waals surface area contributed by atoms with Crippen molar-refractivity contribution in [1.29, 1.82) is 0 Å². The monoisotopic (exact) mass is 384 g/mol. The zero-order chi connectivity index (χ0) is 12.5. The van der Waals surface area contributed by atoms with E-state index in [9.17, 15) is 0 Å². The first-order valence-corrected chi connectivity index (χ1v) is 8.61. The van der Waals surface area contributed by atoms with E-state index in [4.69, 9.17) is 4.74 Å². The molecule has 0 saturated carbocycles. The molecule has 0 bridgehead atoms. The Morgan fingerprint density at radius 3 is 1.78 bits per heavy atom. The van der Waals surface area contributed by atoms with Gasteiger partial charge in [0.05, 0.1) is 9.79 Å². The van der Waals surface area contributed by atoms with E-state index in [-0.39, 0.29) is 0 Å². The Balaban J connectivity index is 2.12. The first-order valence-electron chi connectivity index (χ1n) is 5.55. The lowest BCUT2D eigenvalue weighted by Gasteiger charge is -2.23. The molecule has 0 unspecified atom stereocenters. The average Bonchev–Trinajstić information content (AvgIpc) is 2.43. The maximum atomic E-state index is 6.14. The minimum absolute atomic E-state index is 0.808. The van der Waals surface area contributed by atoms with Gasteiger partial charge < -0.3 is 4.74 Å². The molecule has 0 aliphatic carbocycles. The topological polar surface area (TPSA) is 9.23 Å². The fourth-order valence-corrected chi connectivity index (χ4v) is 3.89. The number of fused-ring (bicyclic) bond motifs is 2. The molecule has 0 spiro atoms. The van der Waals surface area contributed by atoms with Crippen molar-refractivity contribution in [2.75, 3.05) is 0 Å². The van der Waals surface area contributed by atoms with E-state index < -0.39 is 0 Å². The Kier molecular flexibility index (Phi) is 3.68. The third-order valence-corrected chi connectivity index (χ3v) is 5.12. The summed E-state index contributed by atoms with van der Waals surface area (Å²) in [6, 6.07) is 12.5. The molecule has 2 aromatic rings. The Bertz CT molecular complexity index is 547. The van der Waals surface area contributed by atoms with Gasteiger partial charge in [0, 0.05) is 21.8 Å². The minimum Gasteiger partial charge on any atom is -0.454 e. The van der Waals surface area contributed by atoms with Crippen LogP contribution in [0.1, 0.15) is 11.1 Å². The number of halogens is 2. The highest BCUT2D eigenvalue weighted by Gasteiger charge is 2.21. The van der Waals surface area contributed by atoms with Gasteiger partial charge in [-0.05, 0) is 12.1 Å². The summed E-state index contributed by atoms with van der Waals surface area (Å²) < 4.78 is 6.14. The van der Waals surface area contributed by atoms with E-state index in [1.807, 2.05) is 0 Å². The van der Waals surface area contributed by atoms with Gasteiger partial charge in [0.25, 0.3) is 0 Å². The minimum atomic E-state index is 0.808. The van der Waals surface area contributed by atoms with Crippen molar-refractivity contribution in [3.05, 3.63) is 47.5 Å². The zero-order valence-corrected chi connectivity index (χ0v) is 13.4. The van der Waals surface area contributed by atoms with E-state index in [1.54, 1.807) is 11.8 Å². The summed E-state index contributed by atoms with van der Waals surface area (Å²) in [5, 5.41) is 1.62. The highest BCUT2D eigenvalue weighted by atomic mass is 79.9. The van der Waals surface area contributed by atoms with Crippen LogP contribution >= 0.6 is 43.6 Å². The molecule has 1 heterocycles. The van der Waals surface area contributed by atoms with Crippen LogP contribution in [-0.4, -0.2) is 0 Å². The van der Waals surface area contributed by atoms with Crippen LogP contribution in [0.4, 0.5) is 0 Å². The molecular weight excluding hydrogens is 376 g/mol. The van der Waals surface area contributed by atoms with Crippen LogP contribution < -0.4 is 4.74 Å². The van der Waals surface area contributed by atoms with Crippen molar-refractivity contribution >= 4 is 43.6 Å². The average molecular weight is 386 g/mol. The van der Waals surface area contributed by atoms with E-state index in [0.29, 0.717) is 0 Å². The van der Waals surface area contributed by atoms with Crippen molar-refractivity contribution in [1.82, 2.24) is 0 Å². The molecule has 2 aromatic carbocycles. The molecule has 0 saturated heterocycles. The molecule has 0 radical (unpaired) electrons. The second kappa shape index (κ2) is 5.27. The molecule has 0 amide bonds. The summed E-state index contributed by atoms with van der Waals surface area (Å²) >= 11 is 8.80. The maximum Gasteiger partial charge on any atom is 0.145 e. The number of rotatable bonds is 2. The van der Waals surface area contributed by atoms with Crippen molar-refractivity contribution < 1.29 is 4.74 Å². The molecule has 1 nitrogen and oxygen atoms in total. The predicted molar refractivity (Wildman–Crippen MR) is 82.3 cm³/mol. The van der Waals surface area contributed by atoms with Gasteiger partial charge >= 0.3 is 0 Å². The standard InChI is InChI=1S/C14H10Br2OS/c15-7-9-3-1-5-11-13(9)17-14-10(8-16)4-2-6-12(14)18-11/h1-6H,7-8H2. The van der Waals surface area contributed by atoms with E-state index in [0.717, 1.165) is 22.2 Å². The lowest BCUT2D eigenvalue weighted by atomic mass is 10.2. The molecule has 1 aliphatic rings. The van der Waals surface area contributed by atoms with Gasteiger partial charge in [0.15, 0.2) is 0 Å². The van der Waals surface area contributed by atoms with Crippen LogP contribution in [0.2, 0.25) is 0 Å². The molecule has 0 atom stereocenters. The number of benzene rings is 2. The lowest BCUT2D eigenvalue weighted by molar-refractivity contribution is 0.446. The third kappa shape index (κ3) is 2.10. The number of para-hydroxylation sites is 2. The number of hydrogen-bond donors (Lipinski definition) is 0. The van der Waals surface area contributed by atoms with E-state index in [1.165, 1.54) is 20.9 Å². The fourth-order valence-electron chi connectivity index (χ4n) is 1.95. The summed E-state index contributed by atoms with van der Waals surface area (Å²) in [6.07, 6.45) is 0. The summed E-state index contributed by atoms with van der Waals surface area (Å²) in [5.74, 6) is 1.97. The quantitative estimate of drug-likeness (QED) is 0.520. The predicted octanol–water partition coefficient (Wildman–Crippen LogP) is 5.73. The Morgan fingerprint density at radius 2 is 1.33 bits per heavy atom. The molecule has 0 N–H and O–H groups in total. The van der Waals surface area contributed by atoms with Crippen LogP contribution in [0.3, 0.4) is 0 Å². The van der Waals surface area contributed by atoms with Crippen LogP contribution in [0.5, 0.6) is 11.5 Å². The first-order chi connectivity index (χ1) is 8.83. The van der Waals surface area contributed by atoms with Crippen LogP contribution in [0.15, 0.2) is 46.2 Å². The van der Waals surface area contributed by atoms with Crippen LogP contribution in [-0.2, 0) is 10.7 Å². The Labute approximate surface area is 127 Å². The van der Waals surface area contributed by atoms with Crippen molar-refractivity contribution in [3.63, 3.8) is 0 Å². The van der Waals surface area contributed by atoms with Crippen molar-refractivity contribution in [2.24, 2.45) is 0 Å². The molecule has 4 heteroatoms. The second-order valence-corrected chi connectivity index (χ2v) is 6.17. The Hall–Kier alpha value is -0.450. The van der Waals surface area contributed by atoms with Gasteiger partial charge in [-0.15, -0.1) is 0 Å². The highest BCUT2D eigenvalue weighted by Crippen LogP contribution is 2.50. The summed E-state index contributed by atoms with van der Waals surface area (Å²) in [5.41, 5.74) is 2.38. The molecule has 0 fully saturated rings. The summed E-state index contributed by atoms with van der Waals surface area (Å²) in [4.78, 5) is 2.37. The molecule has 18 heavy (non-hydrogen) atoms. The van der Waals surface area contributed by atoms with Crippen LogP contribution in [0, 0.1) is 0 Å². The highest BCUT2D eigenvalue weighted by molar-refractivity contribution is 9.08. The number of ether oxygens (including phenoxy) is 1. The first kappa shape index (κ1) is 12.6. The van der Waals surface area contributed by atoms with Crippen LogP contribution in [0.25, 0.3) is 0 Å². The van der Waals surface area contributed by atoms with Gasteiger partial charge in [-0.1, -0.05) is 67.9 Å². The molecule has 1 aliphatic heterocycles. The van der Waals surface area contributed by atoms with E-state index in [2.05, 4.69) is 68.3 Å². The SMILES string of the molecule is BrCc1cccc2c1Oc1c(CBr)cccc1S2. The fraction of sp³-hybridized carbons (Fsp3) is 0.143. The van der Waals surface area contributed by atoms with Crippen molar-refractivity contribution in [2.45, 2.75) is 20.5 Å². The van der Waals surface area contributed by atoms with Gasteiger partial charge in [-0.25, -0.2) is 0 Å². The molecular formula is C14H10Br2OS. The summed E-state index contributed by atoms with van der Waals surface area (Å²) in [6.45, 7) is 0. The number of hydrogen-bond acceptors (Lipinski definition) is 2.